The number of hydrogen-bond donors (Lipinski definition) is 1. The number of anilines is 1. The first kappa shape index (κ1) is 32.8. The van der Waals surface area contributed by atoms with E-state index >= 15 is 0 Å². The molecule has 11 heteroatoms. The molecule has 1 atom stereocenters. The second-order valence-electron chi connectivity index (χ2n) is 10.8. The second-order valence-corrected chi connectivity index (χ2v) is 13.5. The summed E-state index contributed by atoms with van der Waals surface area (Å²) in [6.07, 6.45) is 5.22. The van der Waals surface area contributed by atoms with Crippen molar-refractivity contribution in [2.24, 2.45) is 0 Å². The Hall–Kier alpha value is -3.14. The molecule has 0 saturated heterocycles. The monoisotopic (exact) mass is 647 g/mol. The normalized spacial score (nSPS) is 14.6. The van der Waals surface area contributed by atoms with Crippen LogP contribution in [0.3, 0.4) is 0 Å². The highest BCUT2D eigenvalue weighted by molar-refractivity contribution is 7.92. The van der Waals surface area contributed by atoms with Crippen LogP contribution in [0, 0.1) is 12.7 Å². The number of nitrogens with zero attached hydrogens (tertiary/aromatic N) is 2. The van der Waals surface area contributed by atoms with Crippen LogP contribution in [0.25, 0.3) is 0 Å². The van der Waals surface area contributed by atoms with E-state index in [1.165, 1.54) is 29.2 Å². The molecule has 2 amide bonds. The van der Waals surface area contributed by atoms with Crippen molar-refractivity contribution < 1.29 is 22.4 Å². The molecule has 1 fully saturated rings. The summed E-state index contributed by atoms with van der Waals surface area (Å²) in [5.41, 5.74) is 1.61. The van der Waals surface area contributed by atoms with Crippen LogP contribution in [-0.4, -0.2) is 43.8 Å². The van der Waals surface area contributed by atoms with Crippen molar-refractivity contribution in [2.75, 3.05) is 10.8 Å². The van der Waals surface area contributed by atoms with Gasteiger partial charge in [-0.15, -0.1) is 0 Å². The molecular weight excluding hydrogens is 612 g/mol. The van der Waals surface area contributed by atoms with Crippen LogP contribution in [0.15, 0.2) is 71.6 Å². The van der Waals surface area contributed by atoms with E-state index in [2.05, 4.69) is 5.32 Å². The van der Waals surface area contributed by atoms with Crippen LogP contribution in [-0.2, 0) is 26.2 Å². The maximum absolute atomic E-state index is 14.2. The predicted molar refractivity (Wildman–Crippen MR) is 168 cm³/mol. The Labute approximate surface area is 263 Å². The third kappa shape index (κ3) is 8.28. The molecule has 230 valence electrons. The van der Waals surface area contributed by atoms with Crippen molar-refractivity contribution in [3.63, 3.8) is 0 Å². The minimum absolute atomic E-state index is 0.00580. The molecule has 0 heterocycles. The highest BCUT2D eigenvalue weighted by Crippen LogP contribution is 2.27. The van der Waals surface area contributed by atoms with Gasteiger partial charge >= 0.3 is 0 Å². The number of benzene rings is 3. The number of carbonyl (C=O) groups excluding carboxylic acids is 2. The van der Waals surface area contributed by atoms with Crippen LogP contribution < -0.4 is 9.62 Å². The summed E-state index contributed by atoms with van der Waals surface area (Å²) in [7, 11) is -4.25. The Kier molecular flexibility index (Phi) is 11.1. The lowest BCUT2D eigenvalue weighted by molar-refractivity contribution is -0.140. The number of carbonyl (C=O) groups is 2. The summed E-state index contributed by atoms with van der Waals surface area (Å²) in [5, 5.41) is 3.75. The molecule has 4 rings (SSSR count). The fourth-order valence-electron chi connectivity index (χ4n) is 5.27. The van der Waals surface area contributed by atoms with Gasteiger partial charge in [-0.1, -0.05) is 73.2 Å². The van der Waals surface area contributed by atoms with Crippen LogP contribution in [0.4, 0.5) is 10.1 Å². The molecule has 1 unspecified atom stereocenters. The minimum atomic E-state index is -4.25. The summed E-state index contributed by atoms with van der Waals surface area (Å²) in [4.78, 5) is 29.2. The van der Waals surface area contributed by atoms with Gasteiger partial charge in [0.25, 0.3) is 10.0 Å². The van der Waals surface area contributed by atoms with Crippen LogP contribution in [0.5, 0.6) is 0 Å². The fourth-order valence-corrected chi connectivity index (χ4v) is 7.01. The third-order valence-corrected chi connectivity index (χ3v) is 10.2. The maximum atomic E-state index is 14.2. The Bertz CT molecular complexity index is 1530. The number of halogens is 3. The van der Waals surface area contributed by atoms with Gasteiger partial charge in [0.15, 0.2) is 0 Å². The standard InChI is InChI=1S/C32H36Cl2FN3O4S/c1-3-30(32(40)36-25-7-5-4-6-8-25)37(20-23-11-18-28(33)29(34)19-23)31(39)21-38(26-14-12-24(35)13-15-26)43(41,42)27-16-9-22(2)10-17-27/h9-19,25,30H,3-8,20-21H2,1-2H3,(H,36,40). The summed E-state index contributed by atoms with van der Waals surface area (Å²) in [6, 6.07) is 15.2. The largest absolute Gasteiger partial charge is 0.352 e. The van der Waals surface area contributed by atoms with Crippen molar-refractivity contribution >= 4 is 50.7 Å². The van der Waals surface area contributed by atoms with Gasteiger partial charge in [-0.3, -0.25) is 13.9 Å². The van der Waals surface area contributed by atoms with E-state index in [9.17, 15) is 22.4 Å². The van der Waals surface area contributed by atoms with Gasteiger partial charge in [-0.2, -0.15) is 0 Å². The molecule has 43 heavy (non-hydrogen) atoms. The number of sulfonamides is 1. The van der Waals surface area contributed by atoms with E-state index in [4.69, 9.17) is 23.2 Å². The molecule has 7 nitrogen and oxygen atoms in total. The Morgan fingerprint density at radius 3 is 2.21 bits per heavy atom. The lowest BCUT2D eigenvalue weighted by atomic mass is 9.95. The zero-order valence-electron chi connectivity index (χ0n) is 24.2. The number of amides is 2. The van der Waals surface area contributed by atoms with Crippen molar-refractivity contribution in [3.05, 3.63) is 93.7 Å². The zero-order valence-corrected chi connectivity index (χ0v) is 26.6. The van der Waals surface area contributed by atoms with Gasteiger partial charge in [-0.05, 0) is 80.3 Å². The summed E-state index contributed by atoms with van der Waals surface area (Å²) in [5.74, 6) is -1.44. The van der Waals surface area contributed by atoms with E-state index in [0.29, 0.717) is 22.0 Å². The fraction of sp³-hybridized carbons (Fsp3) is 0.375. The molecule has 1 N–H and O–H groups in total. The van der Waals surface area contributed by atoms with Crippen molar-refractivity contribution in [2.45, 2.75) is 75.9 Å². The lowest BCUT2D eigenvalue weighted by Crippen LogP contribution is -2.54. The van der Waals surface area contributed by atoms with E-state index in [1.54, 1.807) is 37.3 Å². The first-order chi connectivity index (χ1) is 20.5. The molecule has 0 radical (unpaired) electrons. The number of nitrogens with one attached hydrogen (secondary N) is 1. The smallest absolute Gasteiger partial charge is 0.264 e. The maximum Gasteiger partial charge on any atom is 0.264 e. The molecule has 0 spiro atoms. The van der Waals surface area contributed by atoms with E-state index in [-0.39, 0.29) is 29.1 Å². The summed E-state index contributed by atoms with van der Waals surface area (Å²) in [6.45, 7) is 3.02. The first-order valence-corrected chi connectivity index (χ1v) is 16.6. The average molecular weight is 649 g/mol. The SMILES string of the molecule is CCC(C(=O)NC1CCCCC1)N(Cc1ccc(Cl)c(Cl)c1)C(=O)CN(c1ccc(F)cc1)S(=O)(=O)c1ccc(C)cc1. The van der Waals surface area contributed by atoms with E-state index in [1.807, 2.05) is 6.92 Å². The van der Waals surface area contributed by atoms with E-state index in [0.717, 1.165) is 54.1 Å². The van der Waals surface area contributed by atoms with Gasteiger partial charge in [0, 0.05) is 12.6 Å². The Morgan fingerprint density at radius 2 is 1.60 bits per heavy atom. The van der Waals surface area contributed by atoms with Gasteiger partial charge in [-0.25, -0.2) is 12.8 Å². The van der Waals surface area contributed by atoms with Crippen LogP contribution in [0.1, 0.15) is 56.6 Å². The Balaban J connectivity index is 1.71. The predicted octanol–water partition coefficient (Wildman–Crippen LogP) is 6.89. The van der Waals surface area contributed by atoms with Crippen molar-refractivity contribution in [1.29, 1.82) is 0 Å². The molecule has 0 aromatic heterocycles. The van der Waals surface area contributed by atoms with Crippen molar-refractivity contribution in [3.8, 4) is 0 Å². The number of aryl methyl sites for hydroxylation is 1. The molecular formula is C32H36Cl2FN3O4S. The van der Waals surface area contributed by atoms with Gasteiger partial charge in [0.05, 0.1) is 20.6 Å². The van der Waals surface area contributed by atoms with Crippen LogP contribution >= 0.6 is 23.2 Å². The summed E-state index contributed by atoms with van der Waals surface area (Å²) >= 11 is 12.4. The first-order valence-electron chi connectivity index (χ1n) is 14.4. The van der Waals surface area contributed by atoms with Crippen LogP contribution in [0.2, 0.25) is 10.0 Å². The molecule has 0 aliphatic heterocycles. The van der Waals surface area contributed by atoms with Gasteiger partial charge < -0.3 is 10.2 Å². The molecule has 3 aromatic carbocycles. The van der Waals surface area contributed by atoms with E-state index < -0.39 is 34.3 Å². The second kappa shape index (κ2) is 14.6. The molecule has 1 aliphatic carbocycles. The average Bonchev–Trinajstić information content (AvgIpc) is 2.98. The third-order valence-electron chi connectivity index (χ3n) is 7.68. The summed E-state index contributed by atoms with van der Waals surface area (Å²) < 4.78 is 42.6. The number of rotatable bonds is 11. The highest BCUT2D eigenvalue weighted by Gasteiger charge is 2.34. The number of hydrogen-bond acceptors (Lipinski definition) is 4. The molecule has 3 aromatic rings. The zero-order chi connectivity index (χ0) is 31.1. The highest BCUT2D eigenvalue weighted by atomic mass is 35.5. The Morgan fingerprint density at radius 1 is 0.953 bits per heavy atom. The lowest BCUT2D eigenvalue weighted by Gasteiger charge is -2.34. The van der Waals surface area contributed by atoms with Gasteiger partial charge in [0.2, 0.25) is 11.8 Å². The topological polar surface area (TPSA) is 86.8 Å². The quantitative estimate of drug-likeness (QED) is 0.245. The molecule has 1 saturated carbocycles. The van der Waals surface area contributed by atoms with Crippen molar-refractivity contribution in [1.82, 2.24) is 10.2 Å². The van der Waals surface area contributed by atoms with Gasteiger partial charge in [0.1, 0.15) is 18.4 Å². The molecule has 1 aliphatic rings. The minimum Gasteiger partial charge on any atom is -0.352 e. The molecule has 0 bridgehead atoms.